The van der Waals surface area contributed by atoms with E-state index in [4.69, 9.17) is 5.11 Å². The maximum atomic E-state index is 12.1. The predicted molar refractivity (Wildman–Crippen MR) is 73.8 cm³/mol. The van der Waals surface area contributed by atoms with Crippen molar-refractivity contribution in [1.82, 2.24) is 4.90 Å². The van der Waals surface area contributed by atoms with E-state index in [-0.39, 0.29) is 5.78 Å². The first-order valence-electron chi connectivity index (χ1n) is 6.42. The van der Waals surface area contributed by atoms with Crippen molar-refractivity contribution < 1.29 is 14.7 Å². The van der Waals surface area contributed by atoms with Gasteiger partial charge in [-0.05, 0) is 42.0 Å². The third-order valence-corrected chi connectivity index (χ3v) is 4.72. The van der Waals surface area contributed by atoms with Crippen LogP contribution in [0.3, 0.4) is 0 Å². The van der Waals surface area contributed by atoms with Gasteiger partial charge in [-0.3, -0.25) is 4.79 Å². The standard InChI is InChI=1S/C14H14BrNO3/c15-11-7-8-3-5-16(14(18)19)6-4-9(8)13-10(11)1-2-12(13)17/h7H,1-6H2,(H,18,19). The summed E-state index contributed by atoms with van der Waals surface area (Å²) in [7, 11) is 0. The van der Waals surface area contributed by atoms with Gasteiger partial charge < -0.3 is 10.0 Å². The molecule has 2 aliphatic rings. The monoisotopic (exact) mass is 323 g/mol. The average Bonchev–Trinajstić information content (AvgIpc) is 2.62. The highest BCUT2D eigenvalue weighted by atomic mass is 79.9. The van der Waals surface area contributed by atoms with E-state index in [0.29, 0.717) is 32.4 Å². The second-order valence-corrected chi connectivity index (χ2v) is 5.90. The van der Waals surface area contributed by atoms with Crippen LogP contribution in [-0.2, 0) is 19.3 Å². The Morgan fingerprint density at radius 2 is 1.89 bits per heavy atom. The van der Waals surface area contributed by atoms with E-state index < -0.39 is 6.09 Å². The summed E-state index contributed by atoms with van der Waals surface area (Å²) in [5.41, 5.74) is 4.15. The minimum atomic E-state index is -0.880. The molecule has 100 valence electrons. The van der Waals surface area contributed by atoms with Gasteiger partial charge in [0.2, 0.25) is 0 Å². The number of fused-ring (bicyclic) bond motifs is 3. The molecule has 0 bridgehead atoms. The quantitative estimate of drug-likeness (QED) is 0.798. The Labute approximate surface area is 119 Å². The summed E-state index contributed by atoms with van der Waals surface area (Å²) in [5.74, 6) is 0.205. The van der Waals surface area contributed by atoms with Gasteiger partial charge in [-0.25, -0.2) is 4.79 Å². The van der Waals surface area contributed by atoms with Crippen LogP contribution in [0.25, 0.3) is 0 Å². The number of carbonyl (C=O) groups is 2. The number of hydrogen-bond acceptors (Lipinski definition) is 2. The molecule has 0 aromatic heterocycles. The molecule has 1 aromatic rings. The Bertz CT molecular complexity index is 583. The van der Waals surface area contributed by atoms with E-state index in [0.717, 1.165) is 33.1 Å². The molecule has 0 saturated heterocycles. The highest BCUT2D eigenvalue weighted by Crippen LogP contribution is 2.35. The van der Waals surface area contributed by atoms with E-state index in [1.54, 1.807) is 0 Å². The van der Waals surface area contributed by atoms with Crippen LogP contribution in [0.1, 0.15) is 33.5 Å². The summed E-state index contributed by atoms with van der Waals surface area (Å²) in [6, 6.07) is 2.07. The fourth-order valence-electron chi connectivity index (χ4n) is 3.05. The first-order chi connectivity index (χ1) is 9.08. The molecule has 1 heterocycles. The highest BCUT2D eigenvalue weighted by Gasteiger charge is 2.29. The maximum absolute atomic E-state index is 12.1. The van der Waals surface area contributed by atoms with Gasteiger partial charge in [0, 0.05) is 29.5 Å². The molecule has 1 aliphatic carbocycles. The van der Waals surface area contributed by atoms with Crippen molar-refractivity contribution in [3.63, 3.8) is 0 Å². The summed E-state index contributed by atoms with van der Waals surface area (Å²) in [6.07, 6.45) is 1.82. The largest absolute Gasteiger partial charge is 0.465 e. The average molecular weight is 324 g/mol. The van der Waals surface area contributed by atoms with Gasteiger partial charge in [-0.1, -0.05) is 15.9 Å². The lowest BCUT2D eigenvalue weighted by molar-refractivity contribution is 0.0993. The summed E-state index contributed by atoms with van der Waals surface area (Å²) < 4.78 is 0.996. The number of hydrogen-bond donors (Lipinski definition) is 1. The first kappa shape index (κ1) is 12.7. The summed E-state index contributed by atoms with van der Waals surface area (Å²) in [6.45, 7) is 0.978. The molecule has 19 heavy (non-hydrogen) atoms. The van der Waals surface area contributed by atoms with Crippen molar-refractivity contribution in [1.29, 1.82) is 0 Å². The Kier molecular flexibility index (Phi) is 3.09. The van der Waals surface area contributed by atoms with Crippen LogP contribution in [0.4, 0.5) is 4.79 Å². The molecule has 1 amide bonds. The topological polar surface area (TPSA) is 57.6 Å². The van der Waals surface area contributed by atoms with Crippen LogP contribution in [0.15, 0.2) is 10.5 Å². The second kappa shape index (κ2) is 4.63. The van der Waals surface area contributed by atoms with Gasteiger partial charge in [0.05, 0.1) is 0 Å². The van der Waals surface area contributed by atoms with E-state index in [1.807, 2.05) is 0 Å². The lowest BCUT2D eigenvalue weighted by atomic mass is 9.94. The molecule has 1 N–H and O–H groups in total. The number of carboxylic acid groups (broad SMARTS) is 1. The number of carbonyl (C=O) groups excluding carboxylic acids is 1. The first-order valence-corrected chi connectivity index (χ1v) is 7.21. The molecule has 3 rings (SSSR count). The zero-order chi connectivity index (χ0) is 13.6. The number of halogens is 1. The Morgan fingerprint density at radius 1 is 1.16 bits per heavy atom. The molecule has 4 nitrogen and oxygen atoms in total. The number of nitrogens with zero attached hydrogens (tertiary/aromatic N) is 1. The van der Waals surface area contributed by atoms with Gasteiger partial charge in [0.25, 0.3) is 0 Å². The van der Waals surface area contributed by atoms with Crippen LogP contribution in [0, 0.1) is 0 Å². The predicted octanol–water partition coefficient (Wildman–Crippen LogP) is 2.66. The zero-order valence-corrected chi connectivity index (χ0v) is 12.0. The number of benzene rings is 1. The fourth-order valence-corrected chi connectivity index (χ4v) is 3.72. The number of amides is 1. The van der Waals surface area contributed by atoms with Crippen LogP contribution < -0.4 is 0 Å². The van der Waals surface area contributed by atoms with Crippen molar-refractivity contribution in [2.75, 3.05) is 13.1 Å². The minimum Gasteiger partial charge on any atom is -0.465 e. The Hall–Kier alpha value is -1.36. The molecule has 0 radical (unpaired) electrons. The SMILES string of the molecule is O=C1CCc2c(Br)cc3c(c21)CCN(C(=O)O)CC3. The van der Waals surface area contributed by atoms with Crippen LogP contribution >= 0.6 is 15.9 Å². The van der Waals surface area contributed by atoms with E-state index in [1.165, 1.54) is 4.90 Å². The second-order valence-electron chi connectivity index (χ2n) is 5.04. The molecule has 0 saturated carbocycles. The zero-order valence-electron chi connectivity index (χ0n) is 10.4. The molecule has 0 spiro atoms. The van der Waals surface area contributed by atoms with Gasteiger partial charge in [0.15, 0.2) is 5.78 Å². The Balaban J connectivity index is 2.06. The minimum absolute atomic E-state index is 0.205. The van der Waals surface area contributed by atoms with Crippen LogP contribution in [-0.4, -0.2) is 35.0 Å². The summed E-state index contributed by atoms with van der Waals surface area (Å²) in [4.78, 5) is 24.6. The number of ketones is 1. The van der Waals surface area contributed by atoms with Crippen molar-refractivity contribution >= 4 is 27.8 Å². The van der Waals surface area contributed by atoms with E-state index in [9.17, 15) is 9.59 Å². The van der Waals surface area contributed by atoms with E-state index in [2.05, 4.69) is 22.0 Å². The number of rotatable bonds is 0. The lowest BCUT2D eigenvalue weighted by Gasteiger charge is -2.15. The van der Waals surface area contributed by atoms with Crippen molar-refractivity contribution in [2.45, 2.75) is 25.7 Å². The van der Waals surface area contributed by atoms with Crippen molar-refractivity contribution in [3.05, 3.63) is 32.8 Å². The van der Waals surface area contributed by atoms with E-state index >= 15 is 0 Å². The third-order valence-electron chi connectivity index (χ3n) is 4.01. The summed E-state index contributed by atoms with van der Waals surface area (Å²) >= 11 is 3.54. The molecular weight excluding hydrogens is 310 g/mol. The van der Waals surface area contributed by atoms with Crippen LogP contribution in [0.5, 0.6) is 0 Å². The lowest BCUT2D eigenvalue weighted by Crippen LogP contribution is -2.31. The Morgan fingerprint density at radius 3 is 2.63 bits per heavy atom. The van der Waals surface area contributed by atoms with Gasteiger partial charge >= 0.3 is 6.09 Å². The summed E-state index contributed by atoms with van der Waals surface area (Å²) in [5, 5.41) is 9.09. The van der Waals surface area contributed by atoms with Gasteiger partial charge in [0.1, 0.15) is 0 Å². The molecule has 5 heteroatoms. The molecule has 1 aliphatic heterocycles. The maximum Gasteiger partial charge on any atom is 0.407 e. The molecule has 0 unspecified atom stereocenters. The third kappa shape index (κ3) is 2.06. The highest BCUT2D eigenvalue weighted by molar-refractivity contribution is 9.10. The fraction of sp³-hybridized carbons (Fsp3) is 0.429. The molecule has 0 atom stereocenters. The smallest absolute Gasteiger partial charge is 0.407 e. The van der Waals surface area contributed by atoms with Crippen molar-refractivity contribution in [3.8, 4) is 0 Å². The molecule has 0 fully saturated rings. The van der Waals surface area contributed by atoms with Gasteiger partial charge in [-0.2, -0.15) is 0 Å². The number of Topliss-reactive ketones (excluding diaryl/α,β-unsaturated/α-hetero) is 1. The van der Waals surface area contributed by atoms with Gasteiger partial charge in [-0.15, -0.1) is 0 Å². The van der Waals surface area contributed by atoms with Crippen LogP contribution in [0.2, 0.25) is 0 Å². The normalized spacial score (nSPS) is 17.9. The van der Waals surface area contributed by atoms with Crippen molar-refractivity contribution in [2.24, 2.45) is 0 Å². The molecular formula is C14H14BrNO3. The molecule has 1 aromatic carbocycles.